The number of fused-ring (bicyclic) bond motifs is 2. The standard InChI is InChI=1S/C15H24O/c1-9-5-6-11-12-10(14(2,3)16)7-8-15(11,4)13(9)12/h10-13,16H,1,5-8H2,2-4H3. The summed E-state index contributed by atoms with van der Waals surface area (Å²) in [5.74, 6) is 2.82. The molecule has 1 nitrogen and oxygen atoms in total. The normalized spacial score (nSPS) is 51.1. The summed E-state index contributed by atoms with van der Waals surface area (Å²) in [5.41, 5.74) is 1.52. The van der Waals surface area contributed by atoms with E-state index in [-0.39, 0.29) is 0 Å². The quantitative estimate of drug-likeness (QED) is 0.672. The first-order valence-electron chi connectivity index (χ1n) is 6.76. The van der Waals surface area contributed by atoms with Crippen molar-refractivity contribution in [3.8, 4) is 0 Å². The number of aliphatic hydroxyl groups is 1. The van der Waals surface area contributed by atoms with E-state index in [1.165, 1.54) is 31.3 Å². The molecule has 0 aromatic carbocycles. The van der Waals surface area contributed by atoms with Crippen molar-refractivity contribution in [3.05, 3.63) is 12.2 Å². The first kappa shape index (κ1) is 10.8. The molecule has 90 valence electrons. The Morgan fingerprint density at radius 3 is 2.62 bits per heavy atom. The minimum atomic E-state index is -0.499. The SMILES string of the molecule is C=C1CCC2C3C(C(C)(C)O)CCC2(C)C13. The van der Waals surface area contributed by atoms with E-state index in [2.05, 4.69) is 13.5 Å². The summed E-state index contributed by atoms with van der Waals surface area (Å²) in [4.78, 5) is 0. The van der Waals surface area contributed by atoms with Gasteiger partial charge in [0.2, 0.25) is 0 Å². The van der Waals surface area contributed by atoms with Gasteiger partial charge >= 0.3 is 0 Å². The van der Waals surface area contributed by atoms with E-state index in [1.54, 1.807) is 0 Å². The molecule has 4 aliphatic rings. The Labute approximate surface area is 98.9 Å². The molecule has 1 N–H and O–H groups in total. The molecular formula is C15H24O. The van der Waals surface area contributed by atoms with Gasteiger partial charge in [-0.2, -0.15) is 0 Å². The summed E-state index contributed by atoms with van der Waals surface area (Å²) in [7, 11) is 0. The molecule has 0 radical (unpaired) electrons. The van der Waals surface area contributed by atoms with Gasteiger partial charge in [0.1, 0.15) is 0 Å². The van der Waals surface area contributed by atoms with Crippen LogP contribution in [0.5, 0.6) is 0 Å². The number of rotatable bonds is 1. The van der Waals surface area contributed by atoms with Crippen LogP contribution in [0.2, 0.25) is 0 Å². The summed E-state index contributed by atoms with van der Waals surface area (Å²) in [6.07, 6.45) is 5.07. The molecule has 0 aromatic heterocycles. The van der Waals surface area contributed by atoms with Crippen molar-refractivity contribution in [2.24, 2.45) is 29.1 Å². The van der Waals surface area contributed by atoms with E-state index in [0.717, 1.165) is 17.8 Å². The van der Waals surface area contributed by atoms with Crippen LogP contribution in [-0.4, -0.2) is 10.7 Å². The highest BCUT2D eigenvalue weighted by Crippen LogP contribution is 2.73. The lowest BCUT2D eigenvalue weighted by atomic mass is 9.33. The lowest BCUT2D eigenvalue weighted by Gasteiger charge is -2.71. The van der Waals surface area contributed by atoms with Gasteiger partial charge < -0.3 is 5.11 Å². The summed E-state index contributed by atoms with van der Waals surface area (Å²) in [5, 5.41) is 10.3. The highest BCUT2D eigenvalue weighted by molar-refractivity contribution is 5.27. The number of allylic oxidation sites excluding steroid dienone is 1. The molecular weight excluding hydrogens is 196 g/mol. The van der Waals surface area contributed by atoms with Crippen molar-refractivity contribution < 1.29 is 5.11 Å². The molecule has 0 heterocycles. The minimum absolute atomic E-state index is 0.499. The Morgan fingerprint density at radius 2 is 2.06 bits per heavy atom. The zero-order valence-electron chi connectivity index (χ0n) is 10.8. The molecule has 0 aliphatic heterocycles. The Kier molecular flexibility index (Phi) is 1.98. The topological polar surface area (TPSA) is 20.2 Å². The van der Waals surface area contributed by atoms with Crippen LogP contribution in [0.1, 0.15) is 46.5 Å². The van der Waals surface area contributed by atoms with Crippen molar-refractivity contribution in [1.82, 2.24) is 0 Å². The average Bonchev–Trinajstić information content (AvgIpc) is 2.16. The lowest BCUT2D eigenvalue weighted by molar-refractivity contribution is -0.220. The first-order chi connectivity index (χ1) is 7.36. The van der Waals surface area contributed by atoms with Gasteiger partial charge in [-0.1, -0.05) is 19.1 Å². The van der Waals surface area contributed by atoms with E-state index in [9.17, 15) is 5.11 Å². The molecule has 5 unspecified atom stereocenters. The van der Waals surface area contributed by atoms with Crippen molar-refractivity contribution in [3.63, 3.8) is 0 Å². The van der Waals surface area contributed by atoms with Crippen LogP contribution < -0.4 is 0 Å². The fourth-order valence-electron chi connectivity index (χ4n) is 5.32. The van der Waals surface area contributed by atoms with E-state index in [1.807, 2.05) is 13.8 Å². The first-order valence-corrected chi connectivity index (χ1v) is 6.76. The van der Waals surface area contributed by atoms with Crippen molar-refractivity contribution >= 4 is 0 Å². The lowest BCUT2D eigenvalue weighted by Crippen LogP contribution is -2.66. The third kappa shape index (κ3) is 1.11. The third-order valence-corrected chi connectivity index (χ3v) is 5.99. The van der Waals surface area contributed by atoms with Crippen LogP contribution in [-0.2, 0) is 0 Å². The van der Waals surface area contributed by atoms with Gasteiger partial charge in [0, 0.05) is 0 Å². The Balaban J connectivity index is 1.94. The van der Waals surface area contributed by atoms with Crippen LogP contribution >= 0.6 is 0 Å². The van der Waals surface area contributed by atoms with Crippen molar-refractivity contribution in [2.75, 3.05) is 0 Å². The Morgan fingerprint density at radius 1 is 1.38 bits per heavy atom. The summed E-state index contributed by atoms with van der Waals surface area (Å²) < 4.78 is 0. The molecule has 5 atom stereocenters. The summed E-state index contributed by atoms with van der Waals surface area (Å²) in [6, 6.07) is 0. The second-order valence-electron chi connectivity index (χ2n) is 7.16. The van der Waals surface area contributed by atoms with E-state index >= 15 is 0 Å². The summed E-state index contributed by atoms with van der Waals surface area (Å²) in [6.45, 7) is 10.8. The van der Waals surface area contributed by atoms with Gasteiger partial charge in [0.05, 0.1) is 5.60 Å². The maximum Gasteiger partial charge on any atom is 0.0622 e. The van der Waals surface area contributed by atoms with Gasteiger partial charge in [-0.3, -0.25) is 0 Å². The third-order valence-electron chi connectivity index (χ3n) is 5.99. The molecule has 16 heavy (non-hydrogen) atoms. The Bertz CT molecular complexity index is 338. The highest BCUT2D eigenvalue weighted by Gasteiger charge is 2.67. The van der Waals surface area contributed by atoms with Gasteiger partial charge in [-0.15, -0.1) is 0 Å². The van der Waals surface area contributed by atoms with Gasteiger partial charge in [0.25, 0.3) is 0 Å². The van der Waals surface area contributed by atoms with Crippen LogP contribution in [0.3, 0.4) is 0 Å². The second-order valence-corrected chi connectivity index (χ2v) is 7.16. The predicted octanol–water partition coefficient (Wildman–Crippen LogP) is 3.39. The second kappa shape index (κ2) is 2.93. The monoisotopic (exact) mass is 220 g/mol. The molecule has 0 aromatic rings. The van der Waals surface area contributed by atoms with E-state index in [0.29, 0.717) is 11.3 Å². The minimum Gasteiger partial charge on any atom is -0.390 e. The molecule has 4 saturated carbocycles. The van der Waals surface area contributed by atoms with Gasteiger partial charge in [-0.05, 0) is 68.6 Å². The predicted molar refractivity (Wildman–Crippen MR) is 66.0 cm³/mol. The van der Waals surface area contributed by atoms with E-state index in [4.69, 9.17) is 0 Å². The van der Waals surface area contributed by atoms with E-state index < -0.39 is 5.60 Å². The maximum absolute atomic E-state index is 10.3. The largest absolute Gasteiger partial charge is 0.390 e. The van der Waals surface area contributed by atoms with Gasteiger partial charge in [-0.25, -0.2) is 0 Å². The molecule has 4 rings (SSSR count). The maximum atomic E-state index is 10.3. The summed E-state index contributed by atoms with van der Waals surface area (Å²) >= 11 is 0. The van der Waals surface area contributed by atoms with Gasteiger partial charge in [0.15, 0.2) is 0 Å². The van der Waals surface area contributed by atoms with Crippen LogP contribution in [0.4, 0.5) is 0 Å². The fourth-order valence-corrected chi connectivity index (χ4v) is 5.32. The van der Waals surface area contributed by atoms with Crippen LogP contribution in [0.15, 0.2) is 12.2 Å². The number of hydrogen-bond acceptors (Lipinski definition) is 1. The molecule has 0 amide bonds. The zero-order chi connectivity index (χ0) is 11.7. The van der Waals surface area contributed by atoms with Crippen molar-refractivity contribution in [2.45, 2.75) is 52.1 Å². The van der Waals surface area contributed by atoms with Crippen LogP contribution in [0.25, 0.3) is 0 Å². The molecule has 0 saturated heterocycles. The fraction of sp³-hybridized carbons (Fsp3) is 0.867. The average molecular weight is 220 g/mol. The molecule has 4 bridgehead atoms. The molecule has 0 spiro atoms. The number of hydrogen-bond donors (Lipinski definition) is 1. The van der Waals surface area contributed by atoms with Crippen molar-refractivity contribution in [1.29, 1.82) is 0 Å². The molecule has 4 aliphatic carbocycles. The van der Waals surface area contributed by atoms with Crippen LogP contribution in [0, 0.1) is 29.1 Å². The molecule has 1 heteroatoms. The smallest absolute Gasteiger partial charge is 0.0622 e. The zero-order valence-corrected chi connectivity index (χ0v) is 10.8. The molecule has 4 fully saturated rings. The Hall–Kier alpha value is -0.300. The highest BCUT2D eigenvalue weighted by atomic mass is 16.3.